The van der Waals surface area contributed by atoms with Crippen LogP contribution in [0, 0.1) is 0 Å². The SMILES string of the molecule is CC/C=C\C/C=C\C/C=C\C/C=C\C/C=C\CCCCCCCCCC(=O)OCC(COC(=O)CCCCCCCCCCCCCCCCCC)OC(=O)CCCCCCCCC/C=C\C/C=C\C/C=C\C/C=C\C/C=C\CC. The van der Waals surface area contributed by atoms with E-state index in [-0.39, 0.29) is 31.1 Å². The first-order chi connectivity index (χ1) is 39.5. The van der Waals surface area contributed by atoms with Gasteiger partial charge in [-0.15, -0.1) is 0 Å². The maximum Gasteiger partial charge on any atom is 0.306 e. The van der Waals surface area contributed by atoms with Crippen molar-refractivity contribution in [3.63, 3.8) is 0 Å². The lowest BCUT2D eigenvalue weighted by Gasteiger charge is -2.18. The summed E-state index contributed by atoms with van der Waals surface area (Å²) in [4.78, 5) is 38.4. The maximum absolute atomic E-state index is 13.0. The van der Waals surface area contributed by atoms with Crippen LogP contribution in [0.5, 0.6) is 0 Å². The summed E-state index contributed by atoms with van der Waals surface area (Å²) in [5.41, 5.74) is 0. The number of carbonyl (C=O) groups excluding carboxylic acids is 3. The van der Waals surface area contributed by atoms with E-state index in [1.807, 2.05) is 0 Å². The average Bonchev–Trinajstić information content (AvgIpc) is 3.46. The normalized spacial score (nSPS) is 12.9. The second kappa shape index (κ2) is 67.3. The van der Waals surface area contributed by atoms with Crippen molar-refractivity contribution in [1.82, 2.24) is 0 Å². The monoisotopic (exact) mass is 1110 g/mol. The van der Waals surface area contributed by atoms with E-state index in [1.165, 1.54) is 135 Å². The van der Waals surface area contributed by atoms with Crippen LogP contribution in [0.1, 0.15) is 310 Å². The Kier molecular flexibility index (Phi) is 63.8. The number of allylic oxidation sites excluding steroid dienone is 20. The highest BCUT2D eigenvalue weighted by Gasteiger charge is 2.19. The van der Waals surface area contributed by atoms with Crippen LogP contribution in [0.2, 0.25) is 0 Å². The van der Waals surface area contributed by atoms with Crippen LogP contribution in [0.3, 0.4) is 0 Å². The fourth-order valence-corrected chi connectivity index (χ4v) is 9.26. The van der Waals surface area contributed by atoms with Crippen molar-refractivity contribution in [2.45, 2.75) is 316 Å². The predicted molar refractivity (Wildman–Crippen MR) is 348 cm³/mol. The standard InChI is InChI=1S/C74H124O6/c1-4-7-10-13-16-19-22-25-28-31-33-35-37-39-41-43-46-49-52-55-58-61-64-67-73(76)79-70-71(69-78-72(75)66-63-60-57-54-51-48-45-30-27-24-21-18-15-12-9-6-3)80-74(77)68-65-62-59-56-53-50-47-44-42-40-38-36-34-32-29-26-23-20-17-14-11-8-5-2/h7-8,10-11,16-17,19-20,25-26,28-29,33-36,39-42,71H,4-6,9,12-15,18,21-24,27,30-32,37-38,43-70H2,1-3H3/b10-7-,11-8-,19-16-,20-17-,28-25-,29-26-,35-33-,36-34-,41-39-,42-40-. The van der Waals surface area contributed by atoms with E-state index >= 15 is 0 Å². The van der Waals surface area contributed by atoms with Crippen LogP contribution >= 0.6 is 0 Å². The van der Waals surface area contributed by atoms with Crippen LogP contribution < -0.4 is 0 Å². The molecule has 0 aromatic carbocycles. The summed E-state index contributed by atoms with van der Waals surface area (Å²) in [5, 5.41) is 0. The first-order valence-corrected chi connectivity index (χ1v) is 33.5. The maximum atomic E-state index is 13.0. The van der Waals surface area contributed by atoms with Crippen LogP contribution in [-0.4, -0.2) is 37.2 Å². The van der Waals surface area contributed by atoms with E-state index in [2.05, 4.69) is 142 Å². The summed E-state index contributed by atoms with van der Waals surface area (Å²) in [6.07, 6.45) is 93.4. The van der Waals surface area contributed by atoms with Crippen molar-refractivity contribution in [3.8, 4) is 0 Å². The summed E-state index contributed by atoms with van der Waals surface area (Å²) in [7, 11) is 0. The Labute approximate surface area is 494 Å². The van der Waals surface area contributed by atoms with Crippen molar-refractivity contribution in [2.75, 3.05) is 13.2 Å². The molecule has 0 amide bonds. The molecule has 0 fully saturated rings. The molecule has 6 heteroatoms. The quantitative estimate of drug-likeness (QED) is 0.0261. The Morgan fingerprint density at radius 1 is 0.263 bits per heavy atom. The van der Waals surface area contributed by atoms with Gasteiger partial charge in [0.15, 0.2) is 6.10 Å². The molecule has 1 unspecified atom stereocenters. The van der Waals surface area contributed by atoms with Crippen LogP contribution in [0.4, 0.5) is 0 Å². The van der Waals surface area contributed by atoms with Gasteiger partial charge in [0.05, 0.1) is 0 Å². The number of ether oxygens (including phenoxy) is 3. The predicted octanol–water partition coefficient (Wildman–Crippen LogP) is 23.2. The van der Waals surface area contributed by atoms with E-state index in [0.29, 0.717) is 19.3 Å². The summed E-state index contributed by atoms with van der Waals surface area (Å²) in [6.45, 7) is 6.43. The Morgan fingerprint density at radius 3 is 0.762 bits per heavy atom. The lowest BCUT2D eigenvalue weighted by molar-refractivity contribution is -0.167. The molecule has 6 nitrogen and oxygen atoms in total. The van der Waals surface area contributed by atoms with Crippen molar-refractivity contribution >= 4 is 17.9 Å². The fourth-order valence-electron chi connectivity index (χ4n) is 9.26. The largest absolute Gasteiger partial charge is 0.462 e. The van der Waals surface area contributed by atoms with Gasteiger partial charge in [-0.3, -0.25) is 14.4 Å². The Hall–Kier alpha value is -4.19. The van der Waals surface area contributed by atoms with Crippen molar-refractivity contribution in [2.24, 2.45) is 0 Å². The van der Waals surface area contributed by atoms with Crippen molar-refractivity contribution in [3.05, 3.63) is 122 Å². The summed E-state index contributed by atoms with van der Waals surface area (Å²) >= 11 is 0. The van der Waals surface area contributed by atoms with Crippen molar-refractivity contribution in [1.29, 1.82) is 0 Å². The van der Waals surface area contributed by atoms with Gasteiger partial charge in [0.2, 0.25) is 0 Å². The molecule has 0 saturated heterocycles. The molecule has 456 valence electrons. The molecule has 0 radical (unpaired) electrons. The molecule has 1 atom stereocenters. The third-order valence-electron chi connectivity index (χ3n) is 14.2. The average molecular weight is 1110 g/mol. The fraction of sp³-hybridized carbons (Fsp3) is 0.689. The Bertz CT molecular complexity index is 1650. The molecule has 0 bridgehead atoms. The molecular weight excluding hydrogens is 985 g/mol. The van der Waals surface area contributed by atoms with Gasteiger partial charge >= 0.3 is 17.9 Å². The van der Waals surface area contributed by atoms with Gasteiger partial charge in [-0.05, 0) is 109 Å². The topological polar surface area (TPSA) is 78.9 Å². The molecule has 0 saturated carbocycles. The molecule has 0 aliphatic rings. The van der Waals surface area contributed by atoms with Crippen molar-refractivity contribution < 1.29 is 28.6 Å². The molecule has 0 aromatic rings. The van der Waals surface area contributed by atoms with Gasteiger partial charge in [-0.25, -0.2) is 0 Å². The zero-order valence-corrected chi connectivity index (χ0v) is 52.3. The molecule has 0 N–H and O–H groups in total. The highest BCUT2D eigenvalue weighted by atomic mass is 16.6. The number of unbranched alkanes of at least 4 members (excludes halogenated alkanes) is 29. The highest BCUT2D eigenvalue weighted by Crippen LogP contribution is 2.16. The van der Waals surface area contributed by atoms with E-state index in [9.17, 15) is 14.4 Å². The van der Waals surface area contributed by atoms with Gasteiger partial charge in [0.1, 0.15) is 13.2 Å². The minimum Gasteiger partial charge on any atom is -0.462 e. The molecule has 80 heavy (non-hydrogen) atoms. The lowest BCUT2D eigenvalue weighted by atomic mass is 10.0. The van der Waals surface area contributed by atoms with E-state index in [4.69, 9.17) is 14.2 Å². The zero-order chi connectivity index (χ0) is 57.8. The molecular formula is C74H124O6. The van der Waals surface area contributed by atoms with Crippen LogP contribution in [0.15, 0.2) is 122 Å². The number of rotatable bonds is 60. The van der Waals surface area contributed by atoms with Gasteiger partial charge in [-0.1, -0.05) is 303 Å². The van der Waals surface area contributed by atoms with Crippen LogP contribution in [0.25, 0.3) is 0 Å². The number of esters is 3. The number of carbonyl (C=O) groups is 3. The number of hydrogen-bond acceptors (Lipinski definition) is 6. The van der Waals surface area contributed by atoms with Crippen LogP contribution in [-0.2, 0) is 28.6 Å². The van der Waals surface area contributed by atoms with E-state index in [0.717, 1.165) is 135 Å². The van der Waals surface area contributed by atoms with Gasteiger partial charge in [0, 0.05) is 19.3 Å². The third kappa shape index (κ3) is 64.6. The molecule has 0 aliphatic carbocycles. The molecule has 0 heterocycles. The van der Waals surface area contributed by atoms with Gasteiger partial charge in [-0.2, -0.15) is 0 Å². The van der Waals surface area contributed by atoms with E-state index < -0.39 is 6.10 Å². The Balaban J connectivity index is 4.43. The second-order valence-electron chi connectivity index (χ2n) is 22.0. The first-order valence-electron chi connectivity index (χ1n) is 33.5. The van der Waals surface area contributed by atoms with Gasteiger partial charge < -0.3 is 14.2 Å². The molecule has 0 aromatic heterocycles. The molecule has 0 aliphatic heterocycles. The Morgan fingerprint density at radius 2 is 0.487 bits per heavy atom. The smallest absolute Gasteiger partial charge is 0.306 e. The molecule has 0 spiro atoms. The summed E-state index contributed by atoms with van der Waals surface area (Å²) in [6, 6.07) is 0. The first kappa shape index (κ1) is 75.8. The van der Waals surface area contributed by atoms with E-state index in [1.54, 1.807) is 0 Å². The zero-order valence-electron chi connectivity index (χ0n) is 52.3. The highest BCUT2D eigenvalue weighted by molar-refractivity contribution is 5.71. The minimum absolute atomic E-state index is 0.0859. The summed E-state index contributed by atoms with van der Waals surface area (Å²) < 4.78 is 17.0. The minimum atomic E-state index is -0.793. The number of hydrogen-bond donors (Lipinski definition) is 0. The molecule has 0 rings (SSSR count). The second-order valence-corrected chi connectivity index (χ2v) is 22.0. The summed E-state index contributed by atoms with van der Waals surface area (Å²) in [5.74, 6) is -0.898. The third-order valence-corrected chi connectivity index (χ3v) is 14.2. The van der Waals surface area contributed by atoms with Gasteiger partial charge in [0.25, 0.3) is 0 Å². The lowest BCUT2D eigenvalue weighted by Crippen LogP contribution is -2.30.